The maximum Gasteiger partial charge on any atom is 0.329 e. The third-order valence-electron chi connectivity index (χ3n) is 5.22. The number of carboxylic acid groups (broad SMARTS) is 1. The molecule has 0 spiro atoms. The van der Waals surface area contributed by atoms with E-state index in [1.807, 2.05) is 0 Å². The number of hydrogen-bond acceptors (Lipinski definition) is 9. The van der Waals surface area contributed by atoms with Crippen molar-refractivity contribution in [1.82, 2.24) is 0 Å². The summed E-state index contributed by atoms with van der Waals surface area (Å²) in [5.41, 5.74) is 0. The number of rotatable bonds is 33. The number of hydrogen-bond donors (Lipinski definition) is 1. The zero-order valence-corrected chi connectivity index (χ0v) is 23.3. The van der Waals surface area contributed by atoms with Gasteiger partial charge >= 0.3 is 5.97 Å². The number of carbonyl (C=O) groups is 1. The summed E-state index contributed by atoms with van der Waals surface area (Å²) < 4.78 is 42.9. The molecule has 222 valence electrons. The van der Waals surface area contributed by atoms with Gasteiger partial charge < -0.3 is 43.0 Å². The van der Waals surface area contributed by atoms with E-state index in [4.69, 9.17) is 43.0 Å². The van der Waals surface area contributed by atoms with Gasteiger partial charge in [-0.15, -0.1) is 0 Å². The highest BCUT2D eigenvalue weighted by atomic mass is 16.6. The molecule has 0 radical (unpaired) electrons. The second kappa shape index (κ2) is 33.2. The van der Waals surface area contributed by atoms with Gasteiger partial charge in [0.15, 0.2) is 0 Å². The molecule has 0 aliphatic rings. The molecule has 37 heavy (non-hydrogen) atoms. The predicted molar refractivity (Wildman–Crippen MR) is 141 cm³/mol. The Hall–Kier alpha value is -0.850. The summed E-state index contributed by atoms with van der Waals surface area (Å²) in [7, 11) is 0. The first kappa shape index (κ1) is 36.1. The number of ether oxygens (including phenoxy) is 8. The van der Waals surface area contributed by atoms with Crippen molar-refractivity contribution in [3.8, 4) is 0 Å². The van der Waals surface area contributed by atoms with E-state index in [1.165, 1.54) is 51.4 Å². The third kappa shape index (κ3) is 35.1. The van der Waals surface area contributed by atoms with E-state index < -0.39 is 5.97 Å². The quantitative estimate of drug-likeness (QED) is 0.124. The molecule has 0 rings (SSSR count). The second-order valence-electron chi connectivity index (χ2n) is 8.56. The van der Waals surface area contributed by atoms with Gasteiger partial charge in [-0.1, -0.05) is 58.3 Å². The van der Waals surface area contributed by atoms with Crippen LogP contribution < -0.4 is 0 Å². The van der Waals surface area contributed by atoms with Crippen molar-refractivity contribution in [2.75, 3.05) is 106 Å². The summed E-state index contributed by atoms with van der Waals surface area (Å²) in [5, 5.41) is 8.41. The Labute approximate surface area is 224 Å². The Kier molecular flexibility index (Phi) is 32.4. The summed E-state index contributed by atoms with van der Waals surface area (Å²) in [6.45, 7) is 9.65. The predicted octanol–water partition coefficient (Wildman–Crippen LogP) is 3.73. The van der Waals surface area contributed by atoms with E-state index in [1.54, 1.807) is 0 Å². The first-order chi connectivity index (χ1) is 18.3. The molecule has 0 saturated carbocycles. The van der Waals surface area contributed by atoms with Gasteiger partial charge in [0, 0.05) is 6.61 Å². The lowest BCUT2D eigenvalue weighted by Gasteiger charge is -2.08. The summed E-state index contributed by atoms with van der Waals surface area (Å²) in [6.07, 6.45) is 11.9. The Balaban J connectivity index is 3.02. The monoisotopic (exact) mass is 538 g/mol. The van der Waals surface area contributed by atoms with Crippen molar-refractivity contribution in [2.24, 2.45) is 0 Å². The molecule has 0 saturated heterocycles. The lowest BCUT2D eigenvalue weighted by Crippen LogP contribution is -2.15. The third-order valence-corrected chi connectivity index (χ3v) is 5.22. The zero-order chi connectivity index (χ0) is 26.9. The molecular formula is C27H54O10. The fourth-order valence-electron chi connectivity index (χ4n) is 3.21. The average Bonchev–Trinajstić information content (AvgIpc) is 2.89. The van der Waals surface area contributed by atoms with E-state index in [2.05, 4.69) is 6.92 Å². The molecule has 0 aliphatic carbocycles. The van der Waals surface area contributed by atoms with Gasteiger partial charge in [-0.25, -0.2) is 4.79 Å². The molecule has 0 heterocycles. The highest BCUT2D eigenvalue weighted by Gasteiger charge is 1.97. The van der Waals surface area contributed by atoms with E-state index in [0.717, 1.165) is 13.0 Å². The van der Waals surface area contributed by atoms with Crippen LogP contribution in [0, 0.1) is 0 Å². The van der Waals surface area contributed by atoms with Crippen molar-refractivity contribution in [3.63, 3.8) is 0 Å². The fourth-order valence-corrected chi connectivity index (χ4v) is 3.21. The number of carboxylic acids is 1. The van der Waals surface area contributed by atoms with Crippen molar-refractivity contribution >= 4 is 5.97 Å². The molecule has 0 amide bonds. The molecule has 0 aromatic rings. The minimum Gasteiger partial charge on any atom is -0.480 e. The molecule has 10 nitrogen and oxygen atoms in total. The molecule has 0 atom stereocenters. The van der Waals surface area contributed by atoms with Crippen molar-refractivity contribution in [2.45, 2.75) is 64.7 Å². The van der Waals surface area contributed by atoms with Crippen LogP contribution in [0.15, 0.2) is 0 Å². The van der Waals surface area contributed by atoms with Crippen LogP contribution in [0.5, 0.6) is 0 Å². The average molecular weight is 539 g/mol. The molecule has 1 N–H and O–H groups in total. The SMILES string of the molecule is CCCCCCCCCCCOCCOCCOCCOCCOCCOCCOCCOCC(=O)O. The number of aliphatic carboxylic acids is 1. The van der Waals surface area contributed by atoms with Crippen LogP contribution in [0.25, 0.3) is 0 Å². The van der Waals surface area contributed by atoms with Gasteiger partial charge in [0.1, 0.15) is 6.61 Å². The normalized spacial score (nSPS) is 11.4. The maximum atomic E-state index is 10.2. The molecule has 0 aromatic carbocycles. The van der Waals surface area contributed by atoms with E-state index in [-0.39, 0.29) is 13.2 Å². The zero-order valence-electron chi connectivity index (χ0n) is 23.3. The molecule has 0 aromatic heterocycles. The highest BCUT2D eigenvalue weighted by molar-refractivity contribution is 5.67. The van der Waals surface area contributed by atoms with Crippen molar-refractivity contribution < 1.29 is 47.8 Å². The molecule has 0 aliphatic heterocycles. The maximum absolute atomic E-state index is 10.2. The van der Waals surface area contributed by atoms with Crippen LogP contribution in [0.2, 0.25) is 0 Å². The van der Waals surface area contributed by atoms with Crippen LogP contribution >= 0.6 is 0 Å². The van der Waals surface area contributed by atoms with E-state index >= 15 is 0 Å². The van der Waals surface area contributed by atoms with Crippen LogP contribution in [-0.4, -0.2) is 117 Å². The second-order valence-corrected chi connectivity index (χ2v) is 8.56. The van der Waals surface area contributed by atoms with E-state index in [9.17, 15) is 4.79 Å². The Morgan fingerprint density at radius 1 is 0.405 bits per heavy atom. The largest absolute Gasteiger partial charge is 0.480 e. The van der Waals surface area contributed by atoms with Crippen LogP contribution in [0.3, 0.4) is 0 Å². The Morgan fingerprint density at radius 3 is 1.00 bits per heavy atom. The number of unbranched alkanes of at least 4 members (excludes halogenated alkanes) is 8. The van der Waals surface area contributed by atoms with Crippen LogP contribution in [0.4, 0.5) is 0 Å². The van der Waals surface area contributed by atoms with Gasteiger partial charge in [-0.2, -0.15) is 0 Å². The fraction of sp³-hybridized carbons (Fsp3) is 0.963. The summed E-state index contributed by atoms with van der Waals surface area (Å²) in [4.78, 5) is 10.2. The van der Waals surface area contributed by atoms with Gasteiger partial charge in [-0.05, 0) is 6.42 Å². The molecule has 0 fully saturated rings. The Morgan fingerprint density at radius 2 is 0.676 bits per heavy atom. The molecule has 10 heteroatoms. The van der Waals surface area contributed by atoms with Gasteiger partial charge in [0.25, 0.3) is 0 Å². The minimum absolute atomic E-state index is 0.253. The van der Waals surface area contributed by atoms with Crippen LogP contribution in [-0.2, 0) is 42.7 Å². The van der Waals surface area contributed by atoms with Gasteiger partial charge in [0.05, 0.1) is 92.5 Å². The summed E-state index contributed by atoms with van der Waals surface area (Å²) in [6, 6.07) is 0. The summed E-state index contributed by atoms with van der Waals surface area (Å²) >= 11 is 0. The minimum atomic E-state index is -0.987. The first-order valence-electron chi connectivity index (χ1n) is 14.1. The standard InChI is InChI=1S/C27H54O10/c1-2-3-4-5-6-7-8-9-10-11-30-12-13-31-14-15-32-16-17-33-18-19-34-20-21-35-22-23-36-24-25-37-26-27(28)29/h2-26H2,1H3,(H,28,29). The molecular weight excluding hydrogens is 484 g/mol. The van der Waals surface area contributed by atoms with E-state index in [0.29, 0.717) is 85.9 Å². The van der Waals surface area contributed by atoms with Crippen molar-refractivity contribution in [1.29, 1.82) is 0 Å². The lowest BCUT2D eigenvalue weighted by molar-refractivity contribution is -0.142. The smallest absolute Gasteiger partial charge is 0.329 e. The molecule has 0 bridgehead atoms. The summed E-state index contributed by atoms with van der Waals surface area (Å²) in [5.74, 6) is -0.987. The Bertz CT molecular complexity index is 439. The van der Waals surface area contributed by atoms with Crippen LogP contribution in [0.1, 0.15) is 64.7 Å². The van der Waals surface area contributed by atoms with Gasteiger partial charge in [0.2, 0.25) is 0 Å². The first-order valence-corrected chi connectivity index (χ1v) is 14.1. The lowest BCUT2D eigenvalue weighted by atomic mass is 10.1. The molecule has 0 unspecified atom stereocenters. The topological polar surface area (TPSA) is 111 Å². The van der Waals surface area contributed by atoms with Crippen molar-refractivity contribution in [3.05, 3.63) is 0 Å². The van der Waals surface area contributed by atoms with Gasteiger partial charge in [-0.3, -0.25) is 0 Å². The highest BCUT2D eigenvalue weighted by Crippen LogP contribution is 2.09.